The molecule has 132 valence electrons. The van der Waals surface area contributed by atoms with E-state index < -0.39 is 0 Å². The van der Waals surface area contributed by atoms with Crippen molar-refractivity contribution in [3.8, 4) is 6.07 Å². The Bertz CT molecular complexity index is 960. The number of anilines is 1. The number of likely N-dealkylation sites (tertiary alicyclic amines) is 1. The maximum absolute atomic E-state index is 9.49. The number of piperidine rings is 1. The molecule has 1 N–H and O–H groups in total. The highest BCUT2D eigenvalue weighted by atomic mass is 16.5. The number of aromatic nitrogens is 3. The van der Waals surface area contributed by atoms with E-state index in [0.29, 0.717) is 18.0 Å². The monoisotopic (exact) mass is 348 g/mol. The van der Waals surface area contributed by atoms with Gasteiger partial charge in [0.25, 0.3) is 0 Å². The lowest BCUT2D eigenvalue weighted by Crippen LogP contribution is -2.42. The van der Waals surface area contributed by atoms with Gasteiger partial charge in [-0.1, -0.05) is 23.4 Å². The van der Waals surface area contributed by atoms with Crippen LogP contribution in [-0.2, 0) is 6.54 Å². The molecule has 1 aliphatic rings. The predicted octanol–water partition coefficient (Wildman–Crippen LogP) is 2.87. The molecule has 2 aromatic heterocycles. The predicted molar refractivity (Wildman–Crippen MR) is 97.4 cm³/mol. The van der Waals surface area contributed by atoms with E-state index in [9.17, 15) is 5.26 Å². The van der Waals surface area contributed by atoms with Crippen LogP contribution in [0, 0.1) is 18.3 Å². The first-order chi connectivity index (χ1) is 12.7. The molecular formula is C19H20N6O. The molecule has 4 rings (SSSR count). The van der Waals surface area contributed by atoms with E-state index in [4.69, 9.17) is 4.52 Å². The minimum absolute atomic E-state index is 0.259. The smallest absolute Gasteiger partial charge is 0.223 e. The molecule has 1 atom stereocenters. The number of hydrogen-bond acceptors (Lipinski definition) is 7. The van der Waals surface area contributed by atoms with Gasteiger partial charge in [-0.25, -0.2) is 0 Å². The van der Waals surface area contributed by atoms with Crippen LogP contribution in [0.1, 0.15) is 30.1 Å². The number of aryl methyl sites for hydroxylation is 1. The summed E-state index contributed by atoms with van der Waals surface area (Å²) in [4.78, 5) is 11.0. The number of nitrogens with zero attached hydrogens (tertiary/aromatic N) is 5. The summed E-state index contributed by atoms with van der Waals surface area (Å²) in [6, 6.07) is 10.4. The molecule has 1 fully saturated rings. The van der Waals surface area contributed by atoms with E-state index >= 15 is 0 Å². The Hall–Kier alpha value is -2.98. The Kier molecular flexibility index (Phi) is 4.50. The molecule has 1 aromatic carbocycles. The van der Waals surface area contributed by atoms with Crippen molar-refractivity contribution in [2.45, 2.75) is 32.4 Å². The highest BCUT2D eigenvalue weighted by Crippen LogP contribution is 2.27. The van der Waals surface area contributed by atoms with E-state index in [0.717, 1.165) is 48.3 Å². The number of fused-ring (bicyclic) bond motifs is 1. The second kappa shape index (κ2) is 7.10. The third-order valence-corrected chi connectivity index (χ3v) is 4.68. The van der Waals surface area contributed by atoms with E-state index in [1.165, 1.54) is 0 Å². The maximum Gasteiger partial charge on any atom is 0.223 e. The van der Waals surface area contributed by atoms with Crippen molar-refractivity contribution in [3.05, 3.63) is 47.7 Å². The summed E-state index contributed by atoms with van der Waals surface area (Å²) in [7, 11) is 0. The van der Waals surface area contributed by atoms with Gasteiger partial charge in [-0.2, -0.15) is 10.2 Å². The maximum atomic E-state index is 9.49. The molecule has 0 radical (unpaired) electrons. The summed E-state index contributed by atoms with van der Waals surface area (Å²) in [5.74, 6) is 1.31. The fourth-order valence-electron chi connectivity index (χ4n) is 3.51. The van der Waals surface area contributed by atoms with Crippen LogP contribution in [0.4, 0.5) is 5.69 Å². The second-order valence-electron chi connectivity index (χ2n) is 6.62. The first kappa shape index (κ1) is 16.5. The Morgan fingerprint density at radius 2 is 2.27 bits per heavy atom. The van der Waals surface area contributed by atoms with E-state index in [2.05, 4.69) is 31.4 Å². The molecule has 1 unspecified atom stereocenters. The summed E-state index contributed by atoms with van der Waals surface area (Å²) in [6.45, 7) is 4.36. The molecule has 0 bridgehead atoms. The van der Waals surface area contributed by atoms with Crippen molar-refractivity contribution in [2.75, 3.05) is 18.4 Å². The quantitative estimate of drug-likeness (QED) is 0.775. The molecule has 3 heterocycles. The number of benzene rings is 1. The van der Waals surface area contributed by atoms with Crippen LogP contribution in [0.15, 0.2) is 35.0 Å². The van der Waals surface area contributed by atoms with Crippen molar-refractivity contribution in [3.63, 3.8) is 0 Å². The Morgan fingerprint density at radius 3 is 3.08 bits per heavy atom. The molecule has 7 nitrogen and oxygen atoms in total. The number of rotatable bonds is 4. The average molecular weight is 348 g/mol. The molecule has 1 aliphatic heterocycles. The standard InChI is InChI=1S/C19H20N6O/c1-13-22-18(24-26-13)12-25-8-4-5-15(11-25)23-19-14(9-20)10-21-17-7-3-2-6-16(17)19/h2-3,6-7,10,15H,4-5,8,11-12H2,1H3,(H,21,23). The van der Waals surface area contributed by atoms with E-state index in [-0.39, 0.29) is 6.04 Å². The number of para-hydroxylation sites is 1. The van der Waals surface area contributed by atoms with Gasteiger partial charge in [-0.3, -0.25) is 9.88 Å². The topological polar surface area (TPSA) is 90.9 Å². The van der Waals surface area contributed by atoms with Crippen LogP contribution in [0.3, 0.4) is 0 Å². The summed E-state index contributed by atoms with van der Waals surface area (Å²) in [6.07, 6.45) is 3.79. The zero-order valence-corrected chi connectivity index (χ0v) is 14.6. The molecule has 1 saturated heterocycles. The lowest BCUT2D eigenvalue weighted by atomic mass is 10.0. The summed E-state index contributed by atoms with van der Waals surface area (Å²) in [5.41, 5.74) is 2.35. The molecule has 7 heteroatoms. The van der Waals surface area contributed by atoms with Gasteiger partial charge in [0.05, 0.1) is 23.3 Å². The molecule has 0 amide bonds. The van der Waals surface area contributed by atoms with E-state index in [1.807, 2.05) is 24.3 Å². The zero-order valence-electron chi connectivity index (χ0n) is 14.6. The average Bonchev–Trinajstić information content (AvgIpc) is 3.07. The number of nitrogens with one attached hydrogen (secondary N) is 1. The highest BCUT2D eigenvalue weighted by Gasteiger charge is 2.22. The fraction of sp³-hybridized carbons (Fsp3) is 0.368. The molecule has 0 spiro atoms. The largest absolute Gasteiger partial charge is 0.379 e. The number of hydrogen-bond donors (Lipinski definition) is 1. The van der Waals surface area contributed by atoms with Gasteiger partial charge in [0.1, 0.15) is 6.07 Å². The fourth-order valence-corrected chi connectivity index (χ4v) is 3.51. The molecule has 26 heavy (non-hydrogen) atoms. The van der Waals surface area contributed by atoms with Gasteiger partial charge < -0.3 is 9.84 Å². The van der Waals surface area contributed by atoms with Crippen molar-refractivity contribution < 1.29 is 4.52 Å². The van der Waals surface area contributed by atoms with Crippen LogP contribution < -0.4 is 5.32 Å². The Balaban J connectivity index is 1.53. The van der Waals surface area contributed by atoms with Crippen LogP contribution >= 0.6 is 0 Å². The minimum atomic E-state index is 0.259. The lowest BCUT2D eigenvalue weighted by Gasteiger charge is -2.33. The highest BCUT2D eigenvalue weighted by molar-refractivity contribution is 5.93. The summed E-state index contributed by atoms with van der Waals surface area (Å²) in [5, 5.41) is 18.1. The van der Waals surface area contributed by atoms with Crippen molar-refractivity contribution >= 4 is 16.6 Å². The first-order valence-corrected chi connectivity index (χ1v) is 8.79. The molecular weight excluding hydrogens is 328 g/mol. The van der Waals surface area contributed by atoms with Crippen LogP contribution in [0.25, 0.3) is 10.9 Å². The second-order valence-corrected chi connectivity index (χ2v) is 6.62. The number of nitriles is 1. The molecule has 0 aliphatic carbocycles. The van der Waals surface area contributed by atoms with E-state index in [1.54, 1.807) is 13.1 Å². The molecule has 3 aromatic rings. The van der Waals surface area contributed by atoms with Crippen LogP contribution in [0.5, 0.6) is 0 Å². The number of pyridine rings is 1. The van der Waals surface area contributed by atoms with Gasteiger partial charge in [0.2, 0.25) is 5.89 Å². The zero-order chi connectivity index (χ0) is 17.9. The Labute approximate surface area is 151 Å². The van der Waals surface area contributed by atoms with Gasteiger partial charge in [0.15, 0.2) is 5.82 Å². The van der Waals surface area contributed by atoms with Crippen molar-refractivity contribution in [2.24, 2.45) is 0 Å². The van der Waals surface area contributed by atoms with Crippen LogP contribution in [0.2, 0.25) is 0 Å². The minimum Gasteiger partial charge on any atom is -0.379 e. The van der Waals surface area contributed by atoms with Gasteiger partial charge in [-0.15, -0.1) is 0 Å². The van der Waals surface area contributed by atoms with Gasteiger partial charge in [0, 0.05) is 31.1 Å². The molecule has 0 saturated carbocycles. The van der Waals surface area contributed by atoms with Crippen molar-refractivity contribution in [1.29, 1.82) is 5.26 Å². The van der Waals surface area contributed by atoms with Gasteiger partial charge >= 0.3 is 0 Å². The van der Waals surface area contributed by atoms with Crippen LogP contribution in [-0.4, -0.2) is 39.2 Å². The summed E-state index contributed by atoms with van der Waals surface area (Å²) < 4.78 is 5.06. The normalized spacial score (nSPS) is 17.9. The van der Waals surface area contributed by atoms with Crippen molar-refractivity contribution in [1.82, 2.24) is 20.0 Å². The third kappa shape index (κ3) is 3.37. The Morgan fingerprint density at radius 1 is 1.38 bits per heavy atom. The lowest BCUT2D eigenvalue weighted by molar-refractivity contribution is 0.201. The first-order valence-electron chi connectivity index (χ1n) is 8.79. The third-order valence-electron chi connectivity index (χ3n) is 4.68. The summed E-state index contributed by atoms with van der Waals surface area (Å²) >= 11 is 0. The van der Waals surface area contributed by atoms with Gasteiger partial charge in [-0.05, 0) is 25.5 Å². The SMILES string of the molecule is Cc1nc(CN2CCCC(Nc3c(C#N)cnc4ccccc34)C2)no1.